The zero-order chi connectivity index (χ0) is 9.42. The summed E-state index contributed by atoms with van der Waals surface area (Å²) in [7, 11) is 0. The number of anilines is 1. The third-order valence-corrected chi connectivity index (χ3v) is 2.24. The van der Waals surface area contributed by atoms with E-state index < -0.39 is 0 Å². The maximum absolute atomic E-state index is 9.24. The second-order valence-corrected chi connectivity index (χ2v) is 3.34. The lowest BCUT2D eigenvalue weighted by atomic mass is 10.00. The molecule has 0 saturated heterocycles. The van der Waals surface area contributed by atoms with E-state index in [0.717, 1.165) is 17.7 Å². The minimum absolute atomic E-state index is 0.0800. The Labute approximate surface area is 76.0 Å². The van der Waals surface area contributed by atoms with Crippen LogP contribution in [0.1, 0.15) is 5.56 Å². The van der Waals surface area contributed by atoms with Crippen LogP contribution in [0.5, 0.6) is 11.5 Å². The highest BCUT2D eigenvalue weighted by atomic mass is 16.3. The summed E-state index contributed by atoms with van der Waals surface area (Å²) in [5, 5.41) is 21.5. The number of phenolic OH excluding ortho intramolecular Hbond substituents is 2. The van der Waals surface area contributed by atoms with Gasteiger partial charge in [-0.2, -0.15) is 0 Å². The standard InChI is InChI=1S/C9H12N2O2/c10-6-1-5-2-8(12)9(13)3-7(5)11-4-6/h2-3,6,11-13H,1,4,10H2/t6-/m0/s1. The van der Waals surface area contributed by atoms with Gasteiger partial charge in [-0.25, -0.2) is 0 Å². The molecule has 2 rings (SSSR count). The zero-order valence-corrected chi connectivity index (χ0v) is 7.12. The Balaban J connectivity index is 2.43. The molecule has 1 aromatic rings. The molecular formula is C9H12N2O2. The lowest BCUT2D eigenvalue weighted by Crippen LogP contribution is -2.35. The van der Waals surface area contributed by atoms with Crippen molar-refractivity contribution in [1.29, 1.82) is 0 Å². The molecule has 1 atom stereocenters. The van der Waals surface area contributed by atoms with Crippen molar-refractivity contribution in [3.05, 3.63) is 17.7 Å². The minimum atomic E-state index is -0.0956. The van der Waals surface area contributed by atoms with Crippen LogP contribution in [0, 0.1) is 0 Å². The van der Waals surface area contributed by atoms with Crippen LogP contribution in [0.25, 0.3) is 0 Å². The number of phenols is 2. The molecule has 0 fully saturated rings. The van der Waals surface area contributed by atoms with Crippen LogP contribution in [-0.4, -0.2) is 22.8 Å². The first kappa shape index (κ1) is 8.19. The highest BCUT2D eigenvalue weighted by molar-refractivity contribution is 5.61. The molecule has 1 heterocycles. The number of aromatic hydroxyl groups is 2. The van der Waals surface area contributed by atoms with Crippen LogP contribution in [0.4, 0.5) is 5.69 Å². The number of fused-ring (bicyclic) bond motifs is 1. The molecule has 0 spiro atoms. The monoisotopic (exact) mass is 180 g/mol. The summed E-state index contributed by atoms with van der Waals surface area (Å²) in [4.78, 5) is 0. The Morgan fingerprint density at radius 1 is 1.31 bits per heavy atom. The molecular weight excluding hydrogens is 168 g/mol. The largest absolute Gasteiger partial charge is 0.504 e. The van der Waals surface area contributed by atoms with Crippen LogP contribution >= 0.6 is 0 Å². The summed E-state index contributed by atoms with van der Waals surface area (Å²) in [6, 6.07) is 3.16. The Kier molecular flexibility index (Phi) is 1.77. The molecule has 13 heavy (non-hydrogen) atoms. The van der Waals surface area contributed by atoms with E-state index in [2.05, 4.69) is 5.32 Å². The SMILES string of the molecule is N[C@@H]1CNc2cc(O)c(O)cc2C1. The normalized spacial score (nSPS) is 20.5. The van der Waals surface area contributed by atoms with Crippen molar-refractivity contribution in [3.8, 4) is 11.5 Å². The van der Waals surface area contributed by atoms with Crippen LogP contribution in [0.2, 0.25) is 0 Å². The van der Waals surface area contributed by atoms with Crippen LogP contribution in [-0.2, 0) is 6.42 Å². The van der Waals surface area contributed by atoms with Gasteiger partial charge in [0.2, 0.25) is 0 Å². The highest BCUT2D eigenvalue weighted by Crippen LogP contribution is 2.33. The van der Waals surface area contributed by atoms with E-state index in [4.69, 9.17) is 5.73 Å². The molecule has 0 unspecified atom stereocenters. The Morgan fingerprint density at radius 3 is 2.77 bits per heavy atom. The maximum atomic E-state index is 9.24. The van der Waals surface area contributed by atoms with E-state index in [0.29, 0.717) is 6.54 Å². The van der Waals surface area contributed by atoms with Crippen molar-refractivity contribution in [2.45, 2.75) is 12.5 Å². The summed E-state index contributed by atoms with van der Waals surface area (Å²) >= 11 is 0. The van der Waals surface area contributed by atoms with Crippen molar-refractivity contribution in [2.75, 3.05) is 11.9 Å². The predicted octanol–water partition coefficient (Wildman–Crippen LogP) is 0.393. The van der Waals surface area contributed by atoms with Gasteiger partial charge in [-0.1, -0.05) is 0 Å². The topological polar surface area (TPSA) is 78.5 Å². The zero-order valence-electron chi connectivity index (χ0n) is 7.12. The quantitative estimate of drug-likeness (QED) is 0.344. The Bertz CT molecular complexity index is 339. The van der Waals surface area contributed by atoms with Crippen molar-refractivity contribution < 1.29 is 10.2 Å². The predicted molar refractivity (Wildman–Crippen MR) is 49.9 cm³/mol. The van der Waals surface area contributed by atoms with Gasteiger partial charge in [0.1, 0.15) is 0 Å². The Morgan fingerprint density at radius 2 is 2.00 bits per heavy atom. The molecule has 1 aliphatic rings. The smallest absolute Gasteiger partial charge is 0.159 e. The van der Waals surface area contributed by atoms with Crippen molar-refractivity contribution >= 4 is 5.69 Å². The maximum Gasteiger partial charge on any atom is 0.159 e. The first-order valence-corrected chi connectivity index (χ1v) is 4.21. The van der Waals surface area contributed by atoms with Gasteiger partial charge in [-0.3, -0.25) is 0 Å². The first-order chi connectivity index (χ1) is 6.16. The Hall–Kier alpha value is -1.42. The lowest BCUT2D eigenvalue weighted by molar-refractivity contribution is 0.403. The van der Waals surface area contributed by atoms with E-state index in [1.165, 1.54) is 6.07 Å². The fraction of sp³-hybridized carbons (Fsp3) is 0.333. The number of rotatable bonds is 0. The lowest BCUT2D eigenvalue weighted by Gasteiger charge is -2.23. The summed E-state index contributed by atoms with van der Waals surface area (Å²) in [5.41, 5.74) is 7.54. The van der Waals surface area contributed by atoms with Crippen LogP contribution < -0.4 is 11.1 Å². The molecule has 0 radical (unpaired) electrons. The van der Waals surface area contributed by atoms with Gasteiger partial charge >= 0.3 is 0 Å². The summed E-state index contributed by atoms with van der Waals surface area (Å²) in [6.07, 6.45) is 0.732. The molecule has 0 bridgehead atoms. The van der Waals surface area contributed by atoms with E-state index in [1.54, 1.807) is 6.07 Å². The highest BCUT2D eigenvalue weighted by Gasteiger charge is 2.16. The summed E-state index contributed by atoms with van der Waals surface area (Å²) in [5.74, 6) is -0.184. The fourth-order valence-corrected chi connectivity index (χ4v) is 1.55. The number of hydrogen-bond donors (Lipinski definition) is 4. The van der Waals surface area contributed by atoms with Crippen molar-refractivity contribution in [1.82, 2.24) is 0 Å². The number of hydrogen-bond acceptors (Lipinski definition) is 4. The molecule has 0 saturated carbocycles. The van der Waals surface area contributed by atoms with Crippen LogP contribution in [0.15, 0.2) is 12.1 Å². The van der Waals surface area contributed by atoms with Crippen LogP contribution in [0.3, 0.4) is 0 Å². The first-order valence-electron chi connectivity index (χ1n) is 4.21. The number of benzene rings is 1. The van der Waals surface area contributed by atoms with Gasteiger partial charge in [0.05, 0.1) is 0 Å². The molecule has 0 aliphatic carbocycles. The number of nitrogens with one attached hydrogen (secondary N) is 1. The number of nitrogens with two attached hydrogens (primary N) is 1. The van der Waals surface area contributed by atoms with Crippen molar-refractivity contribution in [2.24, 2.45) is 5.73 Å². The van der Waals surface area contributed by atoms with Gasteiger partial charge in [-0.15, -0.1) is 0 Å². The molecule has 0 amide bonds. The fourth-order valence-electron chi connectivity index (χ4n) is 1.55. The molecule has 4 nitrogen and oxygen atoms in total. The second kappa shape index (κ2) is 2.81. The third-order valence-electron chi connectivity index (χ3n) is 2.24. The molecule has 1 aromatic carbocycles. The average molecular weight is 180 g/mol. The van der Waals surface area contributed by atoms with E-state index in [-0.39, 0.29) is 17.5 Å². The molecule has 4 heteroatoms. The molecule has 0 aromatic heterocycles. The minimum Gasteiger partial charge on any atom is -0.504 e. The van der Waals surface area contributed by atoms with Crippen molar-refractivity contribution in [3.63, 3.8) is 0 Å². The van der Waals surface area contributed by atoms with E-state index in [1.807, 2.05) is 0 Å². The molecule has 70 valence electrons. The third kappa shape index (κ3) is 1.40. The van der Waals surface area contributed by atoms with Gasteiger partial charge in [0.15, 0.2) is 11.5 Å². The van der Waals surface area contributed by atoms with Gasteiger partial charge in [-0.05, 0) is 18.1 Å². The van der Waals surface area contributed by atoms with E-state index >= 15 is 0 Å². The molecule has 5 N–H and O–H groups in total. The van der Waals surface area contributed by atoms with Gasteiger partial charge < -0.3 is 21.3 Å². The van der Waals surface area contributed by atoms with Gasteiger partial charge in [0, 0.05) is 24.3 Å². The second-order valence-electron chi connectivity index (χ2n) is 3.34. The summed E-state index contributed by atoms with van der Waals surface area (Å²) in [6.45, 7) is 0.706. The van der Waals surface area contributed by atoms with E-state index in [9.17, 15) is 10.2 Å². The average Bonchev–Trinajstić information content (AvgIpc) is 2.08. The molecule has 1 aliphatic heterocycles. The summed E-state index contributed by atoms with van der Waals surface area (Å²) < 4.78 is 0. The van der Waals surface area contributed by atoms with Gasteiger partial charge in [0.25, 0.3) is 0 Å².